The minimum absolute atomic E-state index is 0.00171. The van der Waals surface area contributed by atoms with Crippen molar-refractivity contribution in [2.75, 3.05) is 12.0 Å². The number of aromatic nitrogens is 2. The zero-order valence-corrected chi connectivity index (χ0v) is 19.0. The molecule has 1 amide bonds. The van der Waals surface area contributed by atoms with Crippen LogP contribution in [0.4, 0.5) is 5.13 Å². The first kappa shape index (κ1) is 21.0. The normalized spacial score (nSPS) is 11.0. The van der Waals surface area contributed by atoms with Crippen LogP contribution >= 0.6 is 11.3 Å². The minimum atomic E-state index is 0.00171. The van der Waals surface area contributed by atoms with Gasteiger partial charge in [-0.3, -0.25) is 14.7 Å². The zero-order valence-electron chi connectivity index (χ0n) is 18.2. The highest BCUT2D eigenvalue weighted by molar-refractivity contribution is 7.22. The van der Waals surface area contributed by atoms with Gasteiger partial charge < -0.3 is 4.74 Å². The van der Waals surface area contributed by atoms with Crippen molar-refractivity contribution in [1.29, 1.82) is 0 Å². The van der Waals surface area contributed by atoms with Gasteiger partial charge in [-0.2, -0.15) is 0 Å². The van der Waals surface area contributed by atoms with Crippen LogP contribution in [0.15, 0.2) is 54.9 Å². The number of fused-ring (bicyclic) bond motifs is 1. The third-order valence-electron chi connectivity index (χ3n) is 5.48. The first-order valence-corrected chi connectivity index (χ1v) is 11.0. The Labute approximate surface area is 186 Å². The number of amides is 1. The Hall–Kier alpha value is -3.25. The molecule has 158 valence electrons. The Morgan fingerprint density at radius 2 is 1.90 bits per heavy atom. The van der Waals surface area contributed by atoms with Gasteiger partial charge in [0.2, 0.25) is 5.91 Å². The average molecular weight is 432 g/mol. The first-order valence-electron chi connectivity index (χ1n) is 10.2. The predicted molar refractivity (Wildman–Crippen MR) is 126 cm³/mol. The van der Waals surface area contributed by atoms with Crippen molar-refractivity contribution >= 4 is 32.6 Å². The Balaban J connectivity index is 1.69. The number of methoxy groups -OCH3 is 1. The van der Waals surface area contributed by atoms with Crippen LogP contribution in [0.1, 0.15) is 27.8 Å². The number of anilines is 1. The summed E-state index contributed by atoms with van der Waals surface area (Å²) < 4.78 is 6.43. The standard InChI is InChI=1S/C25H25N3O2S/c1-16-7-10-22-24(18(16)3)27-25(31-22)28(15-20-6-5-11-26-14-20)23(29)13-19-8-9-21(30-4)17(2)12-19/h5-12,14H,13,15H2,1-4H3. The number of hydrogen-bond donors (Lipinski definition) is 0. The number of nitrogens with zero attached hydrogens (tertiary/aromatic N) is 3. The second kappa shape index (κ2) is 8.86. The van der Waals surface area contributed by atoms with Gasteiger partial charge in [0.1, 0.15) is 5.75 Å². The predicted octanol–water partition coefficient (Wildman–Crippen LogP) is 5.40. The molecule has 0 N–H and O–H groups in total. The van der Waals surface area contributed by atoms with Gasteiger partial charge in [0, 0.05) is 12.4 Å². The number of hydrogen-bond acceptors (Lipinski definition) is 5. The highest BCUT2D eigenvalue weighted by Crippen LogP contribution is 2.33. The summed E-state index contributed by atoms with van der Waals surface area (Å²) in [7, 11) is 1.65. The van der Waals surface area contributed by atoms with Gasteiger partial charge in [0.25, 0.3) is 0 Å². The molecule has 0 radical (unpaired) electrons. The Morgan fingerprint density at radius 1 is 1.06 bits per heavy atom. The van der Waals surface area contributed by atoms with E-state index < -0.39 is 0 Å². The van der Waals surface area contributed by atoms with Gasteiger partial charge >= 0.3 is 0 Å². The molecule has 4 rings (SSSR count). The van der Waals surface area contributed by atoms with E-state index in [1.807, 2.05) is 37.3 Å². The zero-order chi connectivity index (χ0) is 22.0. The molecule has 2 aromatic heterocycles. The number of ether oxygens (including phenoxy) is 1. The molecule has 0 bridgehead atoms. The molecule has 0 atom stereocenters. The fourth-order valence-electron chi connectivity index (χ4n) is 3.59. The number of benzene rings is 2. The maximum absolute atomic E-state index is 13.5. The summed E-state index contributed by atoms with van der Waals surface area (Å²) in [5.74, 6) is 0.822. The van der Waals surface area contributed by atoms with Crippen molar-refractivity contribution in [2.24, 2.45) is 0 Å². The number of thiazole rings is 1. The summed E-state index contributed by atoms with van der Waals surface area (Å²) in [5.41, 5.74) is 6.24. The topological polar surface area (TPSA) is 55.3 Å². The van der Waals surface area contributed by atoms with Crippen LogP contribution in [0, 0.1) is 20.8 Å². The smallest absolute Gasteiger partial charge is 0.233 e. The third-order valence-corrected chi connectivity index (χ3v) is 6.53. The number of aryl methyl sites for hydroxylation is 3. The van der Waals surface area contributed by atoms with Crippen molar-refractivity contribution < 1.29 is 9.53 Å². The molecule has 0 saturated heterocycles. The summed E-state index contributed by atoms with van der Waals surface area (Å²) in [6.07, 6.45) is 3.82. The molecule has 2 aromatic carbocycles. The number of carbonyl (C=O) groups is 1. The number of pyridine rings is 1. The van der Waals surface area contributed by atoms with Gasteiger partial charge in [-0.15, -0.1) is 0 Å². The molecular formula is C25H25N3O2S. The lowest BCUT2D eigenvalue weighted by Crippen LogP contribution is -2.31. The molecule has 0 unspecified atom stereocenters. The van der Waals surface area contributed by atoms with Crippen LogP contribution in [-0.2, 0) is 17.8 Å². The van der Waals surface area contributed by atoms with E-state index >= 15 is 0 Å². The van der Waals surface area contributed by atoms with Gasteiger partial charge in [0.05, 0.1) is 30.3 Å². The van der Waals surface area contributed by atoms with Crippen molar-refractivity contribution in [3.63, 3.8) is 0 Å². The second-order valence-corrected chi connectivity index (χ2v) is 8.68. The van der Waals surface area contributed by atoms with Crippen LogP contribution in [-0.4, -0.2) is 23.0 Å². The first-order chi connectivity index (χ1) is 15.0. The lowest BCUT2D eigenvalue weighted by Gasteiger charge is -2.20. The van der Waals surface area contributed by atoms with E-state index in [1.165, 1.54) is 5.56 Å². The quantitative estimate of drug-likeness (QED) is 0.410. The maximum Gasteiger partial charge on any atom is 0.233 e. The van der Waals surface area contributed by atoms with E-state index in [0.29, 0.717) is 18.1 Å². The van der Waals surface area contributed by atoms with Crippen molar-refractivity contribution in [2.45, 2.75) is 33.7 Å². The average Bonchev–Trinajstić information content (AvgIpc) is 3.20. The molecule has 0 aliphatic heterocycles. The molecule has 6 heteroatoms. The lowest BCUT2D eigenvalue weighted by molar-refractivity contribution is -0.118. The molecule has 4 aromatic rings. The number of carbonyl (C=O) groups excluding carboxylic acids is 1. The van der Waals surface area contributed by atoms with Gasteiger partial charge in [-0.05, 0) is 66.8 Å². The summed E-state index contributed by atoms with van der Waals surface area (Å²) >= 11 is 1.55. The summed E-state index contributed by atoms with van der Waals surface area (Å²) in [4.78, 5) is 24.3. The molecule has 0 saturated carbocycles. The van der Waals surface area contributed by atoms with E-state index in [4.69, 9.17) is 9.72 Å². The van der Waals surface area contributed by atoms with E-state index in [1.54, 1.807) is 35.7 Å². The molecule has 2 heterocycles. The summed E-state index contributed by atoms with van der Waals surface area (Å²) in [6, 6.07) is 13.9. The fraction of sp³-hybridized carbons (Fsp3) is 0.240. The van der Waals surface area contributed by atoms with Crippen LogP contribution in [0.25, 0.3) is 10.2 Å². The molecular weight excluding hydrogens is 406 g/mol. The fourth-order valence-corrected chi connectivity index (χ4v) is 4.63. The minimum Gasteiger partial charge on any atom is -0.496 e. The Kier molecular flexibility index (Phi) is 6.00. The SMILES string of the molecule is COc1ccc(CC(=O)N(Cc2cccnc2)c2nc3c(C)c(C)ccc3s2)cc1C. The summed E-state index contributed by atoms with van der Waals surface area (Å²) in [5, 5.41) is 0.711. The van der Waals surface area contributed by atoms with Crippen LogP contribution in [0.3, 0.4) is 0 Å². The van der Waals surface area contributed by atoms with Gasteiger partial charge in [-0.25, -0.2) is 4.98 Å². The van der Waals surface area contributed by atoms with Crippen molar-refractivity contribution in [1.82, 2.24) is 9.97 Å². The van der Waals surface area contributed by atoms with Crippen LogP contribution < -0.4 is 9.64 Å². The van der Waals surface area contributed by atoms with Gasteiger partial charge in [-0.1, -0.05) is 35.6 Å². The molecule has 0 spiro atoms. The molecule has 0 aliphatic rings. The molecule has 0 aliphatic carbocycles. The second-order valence-electron chi connectivity index (χ2n) is 7.67. The van der Waals surface area contributed by atoms with E-state index in [0.717, 1.165) is 38.2 Å². The lowest BCUT2D eigenvalue weighted by atomic mass is 10.1. The third kappa shape index (κ3) is 4.44. The largest absolute Gasteiger partial charge is 0.496 e. The van der Waals surface area contributed by atoms with Crippen LogP contribution in [0.2, 0.25) is 0 Å². The van der Waals surface area contributed by atoms with Crippen molar-refractivity contribution in [3.8, 4) is 5.75 Å². The van der Waals surface area contributed by atoms with Gasteiger partial charge in [0.15, 0.2) is 5.13 Å². The molecule has 5 nitrogen and oxygen atoms in total. The number of rotatable bonds is 6. The van der Waals surface area contributed by atoms with E-state index in [9.17, 15) is 4.79 Å². The van der Waals surface area contributed by atoms with E-state index in [-0.39, 0.29) is 5.91 Å². The molecule has 31 heavy (non-hydrogen) atoms. The van der Waals surface area contributed by atoms with Crippen molar-refractivity contribution in [3.05, 3.63) is 82.7 Å². The molecule has 0 fully saturated rings. The Morgan fingerprint density at radius 3 is 2.61 bits per heavy atom. The monoisotopic (exact) mass is 431 g/mol. The maximum atomic E-state index is 13.5. The van der Waals surface area contributed by atoms with E-state index in [2.05, 4.69) is 31.0 Å². The highest BCUT2D eigenvalue weighted by atomic mass is 32.1. The Bertz CT molecular complexity index is 1230. The highest BCUT2D eigenvalue weighted by Gasteiger charge is 2.21. The van der Waals surface area contributed by atoms with Crippen LogP contribution in [0.5, 0.6) is 5.75 Å². The summed E-state index contributed by atoms with van der Waals surface area (Å²) in [6.45, 7) is 6.57.